The normalized spacial score (nSPS) is 13.6. The summed E-state index contributed by atoms with van der Waals surface area (Å²) in [5, 5.41) is 2.88. The molecule has 15 heavy (non-hydrogen) atoms. The van der Waals surface area contributed by atoms with Crippen molar-refractivity contribution >= 4 is 15.7 Å². The summed E-state index contributed by atoms with van der Waals surface area (Å²) >= 11 is 0. The molecule has 0 spiro atoms. The Hall–Kier alpha value is -0.620. The van der Waals surface area contributed by atoms with E-state index in [1.807, 2.05) is 0 Å². The number of nitrogens with one attached hydrogen (secondary N) is 1. The molecule has 1 atom stereocenters. The maximum atomic E-state index is 11.3. The average molecular weight is 236 g/mol. The Labute approximate surface area is 91.8 Å². The first-order valence-electron chi connectivity index (χ1n) is 4.92. The van der Waals surface area contributed by atoms with Crippen molar-refractivity contribution in [1.82, 2.24) is 10.2 Å². The molecule has 0 aromatic carbocycles. The van der Waals surface area contributed by atoms with Crippen LogP contribution in [0.15, 0.2) is 0 Å². The monoisotopic (exact) mass is 236 g/mol. The molecule has 0 fully saturated rings. The zero-order chi connectivity index (χ0) is 12.1. The molecule has 1 amide bonds. The Balaban J connectivity index is 3.96. The minimum Gasteiger partial charge on any atom is -0.348 e. The number of hydrogen-bond donors (Lipinski definition) is 1. The quantitative estimate of drug-likeness (QED) is 0.674. The van der Waals surface area contributed by atoms with Crippen LogP contribution < -0.4 is 5.32 Å². The molecule has 1 unspecified atom stereocenters. The third-order valence-electron chi connectivity index (χ3n) is 2.04. The largest absolute Gasteiger partial charge is 0.348 e. The lowest BCUT2D eigenvalue weighted by atomic mass is 10.4. The summed E-state index contributed by atoms with van der Waals surface area (Å²) in [5.41, 5.74) is 0. The van der Waals surface area contributed by atoms with Gasteiger partial charge in [-0.05, 0) is 6.92 Å². The van der Waals surface area contributed by atoms with E-state index in [1.54, 1.807) is 27.9 Å². The highest BCUT2D eigenvalue weighted by atomic mass is 32.2. The molecule has 0 aromatic heterocycles. The van der Waals surface area contributed by atoms with Gasteiger partial charge in [-0.25, -0.2) is 8.42 Å². The van der Waals surface area contributed by atoms with E-state index in [4.69, 9.17) is 0 Å². The van der Waals surface area contributed by atoms with Gasteiger partial charge < -0.3 is 10.2 Å². The highest BCUT2D eigenvalue weighted by molar-refractivity contribution is 7.91. The number of likely N-dealkylation sites (N-methyl/N-ethyl adjacent to an activating group) is 1. The van der Waals surface area contributed by atoms with Gasteiger partial charge in [0, 0.05) is 25.9 Å². The van der Waals surface area contributed by atoms with E-state index in [2.05, 4.69) is 5.32 Å². The Morgan fingerprint density at radius 1 is 1.40 bits per heavy atom. The van der Waals surface area contributed by atoms with Crippen molar-refractivity contribution in [1.29, 1.82) is 0 Å². The SMILES string of the molecule is CCS(=O)(=O)CC(C)NCC(=O)N(C)C. The van der Waals surface area contributed by atoms with E-state index in [0.29, 0.717) is 0 Å². The standard InChI is InChI=1S/C9H20N2O3S/c1-5-15(13,14)7-8(2)10-6-9(12)11(3)4/h8,10H,5-7H2,1-4H3. The van der Waals surface area contributed by atoms with Crippen LogP contribution in [0.25, 0.3) is 0 Å². The van der Waals surface area contributed by atoms with Crippen molar-refractivity contribution in [2.45, 2.75) is 19.9 Å². The summed E-state index contributed by atoms with van der Waals surface area (Å²) in [4.78, 5) is 12.7. The molecule has 0 aliphatic rings. The van der Waals surface area contributed by atoms with Crippen LogP contribution in [0.4, 0.5) is 0 Å². The smallest absolute Gasteiger partial charge is 0.236 e. The second-order valence-electron chi connectivity index (χ2n) is 3.77. The fourth-order valence-corrected chi connectivity index (χ4v) is 2.09. The first-order chi connectivity index (χ1) is 6.78. The topological polar surface area (TPSA) is 66.5 Å². The molecule has 0 saturated heterocycles. The minimum atomic E-state index is -2.97. The molecule has 90 valence electrons. The van der Waals surface area contributed by atoms with Gasteiger partial charge >= 0.3 is 0 Å². The molecule has 0 rings (SSSR count). The van der Waals surface area contributed by atoms with Crippen LogP contribution in [0.3, 0.4) is 0 Å². The van der Waals surface area contributed by atoms with Crippen molar-refractivity contribution in [2.75, 3.05) is 32.1 Å². The fraction of sp³-hybridized carbons (Fsp3) is 0.889. The number of hydrogen-bond acceptors (Lipinski definition) is 4. The molecular weight excluding hydrogens is 216 g/mol. The lowest BCUT2D eigenvalue weighted by molar-refractivity contribution is -0.127. The van der Waals surface area contributed by atoms with Crippen LogP contribution in [-0.4, -0.2) is 57.4 Å². The highest BCUT2D eigenvalue weighted by Gasteiger charge is 2.14. The number of carbonyl (C=O) groups is 1. The van der Waals surface area contributed by atoms with Gasteiger partial charge in [-0.15, -0.1) is 0 Å². The van der Waals surface area contributed by atoms with E-state index in [9.17, 15) is 13.2 Å². The Morgan fingerprint density at radius 3 is 2.33 bits per heavy atom. The molecule has 0 aliphatic carbocycles. The van der Waals surface area contributed by atoms with Crippen LogP contribution >= 0.6 is 0 Å². The van der Waals surface area contributed by atoms with Gasteiger partial charge in [0.05, 0.1) is 12.3 Å². The average Bonchev–Trinajstić information content (AvgIpc) is 2.13. The first-order valence-corrected chi connectivity index (χ1v) is 6.74. The van der Waals surface area contributed by atoms with Crippen LogP contribution in [0.1, 0.15) is 13.8 Å². The fourth-order valence-electron chi connectivity index (χ4n) is 0.977. The summed E-state index contributed by atoms with van der Waals surface area (Å²) in [5.74, 6) is 0.154. The van der Waals surface area contributed by atoms with E-state index < -0.39 is 9.84 Å². The molecule has 1 N–H and O–H groups in total. The van der Waals surface area contributed by atoms with Gasteiger partial charge in [-0.1, -0.05) is 6.92 Å². The zero-order valence-electron chi connectivity index (χ0n) is 9.78. The van der Waals surface area contributed by atoms with Crippen molar-refractivity contribution in [2.24, 2.45) is 0 Å². The third-order valence-corrected chi connectivity index (χ3v) is 3.93. The van der Waals surface area contributed by atoms with Crippen molar-refractivity contribution in [3.05, 3.63) is 0 Å². The zero-order valence-corrected chi connectivity index (χ0v) is 10.6. The van der Waals surface area contributed by atoms with Crippen LogP contribution in [-0.2, 0) is 14.6 Å². The van der Waals surface area contributed by atoms with E-state index in [-0.39, 0.29) is 30.0 Å². The molecule has 0 aliphatic heterocycles. The maximum absolute atomic E-state index is 11.3. The Bertz CT molecular complexity index is 298. The number of sulfone groups is 1. The third kappa shape index (κ3) is 6.46. The summed E-state index contributed by atoms with van der Waals surface area (Å²) in [6, 6.07) is -0.196. The highest BCUT2D eigenvalue weighted by Crippen LogP contribution is 1.94. The van der Waals surface area contributed by atoms with Crippen LogP contribution in [0.5, 0.6) is 0 Å². The summed E-state index contributed by atoms with van der Waals surface area (Å²) in [6.45, 7) is 3.55. The molecule has 5 nitrogen and oxygen atoms in total. The Kier molecular flexibility index (Phi) is 5.82. The molecule has 0 radical (unpaired) electrons. The van der Waals surface area contributed by atoms with E-state index >= 15 is 0 Å². The van der Waals surface area contributed by atoms with E-state index in [0.717, 1.165) is 0 Å². The van der Waals surface area contributed by atoms with Gasteiger partial charge in [0.1, 0.15) is 0 Å². The number of carbonyl (C=O) groups excluding carboxylic acids is 1. The molecule has 6 heteroatoms. The number of nitrogens with zero attached hydrogens (tertiary/aromatic N) is 1. The van der Waals surface area contributed by atoms with Gasteiger partial charge in [-0.2, -0.15) is 0 Å². The molecule has 0 heterocycles. The Morgan fingerprint density at radius 2 is 1.93 bits per heavy atom. The van der Waals surface area contributed by atoms with Crippen molar-refractivity contribution in [3.63, 3.8) is 0 Å². The lowest BCUT2D eigenvalue weighted by Gasteiger charge is -2.15. The van der Waals surface area contributed by atoms with Gasteiger partial charge in [0.15, 0.2) is 9.84 Å². The van der Waals surface area contributed by atoms with Gasteiger partial charge in [0.2, 0.25) is 5.91 Å². The van der Waals surface area contributed by atoms with Crippen LogP contribution in [0.2, 0.25) is 0 Å². The molecule has 0 aromatic rings. The number of rotatable bonds is 6. The summed E-state index contributed by atoms with van der Waals surface area (Å²) in [6.07, 6.45) is 0. The van der Waals surface area contributed by atoms with Crippen LogP contribution in [0, 0.1) is 0 Å². The second kappa shape index (κ2) is 6.07. The minimum absolute atomic E-state index is 0.0595. The van der Waals surface area contributed by atoms with Crippen molar-refractivity contribution in [3.8, 4) is 0 Å². The predicted molar refractivity (Wildman–Crippen MR) is 60.5 cm³/mol. The van der Waals surface area contributed by atoms with Gasteiger partial charge in [0.25, 0.3) is 0 Å². The van der Waals surface area contributed by atoms with Crippen molar-refractivity contribution < 1.29 is 13.2 Å². The predicted octanol–water partition coefficient (Wildman–Crippen LogP) is -0.513. The van der Waals surface area contributed by atoms with Gasteiger partial charge in [-0.3, -0.25) is 4.79 Å². The number of amides is 1. The molecule has 0 bridgehead atoms. The first kappa shape index (κ1) is 14.4. The molecular formula is C9H20N2O3S. The summed E-state index contributed by atoms with van der Waals surface area (Å²) in [7, 11) is 0.354. The summed E-state index contributed by atoms with van der Waals surface area (Å²) < 4.78 is 22.5. The second-order valence-corrected chi connectivity index (χ2v) is 6.17. The molecule has 0 saturated carbocycles. The van der Waals surface area contributed by atoms with E-state index in [1.165, 1.54) is 4.90 Å². The maximum Gasteiger partial charge on any atom is 0.236 e. The lowest BCUT2D eigenvalue weighted by Crippen LogP contribution is -2.40.